The van der Waals surface area contributed by atoms with Crippen molar-refractivity contribution in [3.05, 3.63) is 54.1 Å². The number of benzene rings is 2. The van der Waals surface area contributed by atoms with Crippen molar-refractivity contribution in [3.8, 4) is 17.4 Å². The number of halogens is 3. The third-order valence-corrected chi connectivity index (χ3v) is 5.66. The first kappa shape index (κ1) is 22.5. The number of rotatable bonds is 7. The van der Waals surface area contributed by atoms with E-state index in [0.717, 1.165) is 23.9 Å². The second-order valence-corrected chi connectivity index (χ2v) is 7.55. The van der Waals surface area contributed by atoms with Gasteiger partial charge in [0.05, 0.1) is 23.2 Å². The number of alkyl halides is 3. The van der Waals surface area contributed by atoms with Crippen LogP contribution in [0, 0.1) is 0 Å². The molecular formula is C20H18F3N3O4S. The second kappa shape index (κ2) is 9.29. The maximum atomic E-state index is 12.9. The molecule has 0 bridgehead atoms. The lowest BCUT2D eigenvalue weighted by atomic mass is 10.2. The van der Waals surface area contributed by atoms with Gasteiger partial charge in [-0.3, -0.25) is 4.79 Å². The standard InChI is InChI=1S/C20H18F3N3O4S/c1-3-16(17(27)24-13-6-4-5-12(11-13)20(21,22)23)31-18-19(28)30-25-26(18)14-7-9-15(29-2)10-8-14/h4-11,16H,3H2,1-2H3,(H-,24,25,27,28). The Hall–Kier alpha value is -3.21. The molecule has 1 N–H and O–H groups in total. The van der Waals surface area contributed by atoms with Gasteiger partial charge < -0.3 is 19.7 Å². The molecule has 0 aliphatic carbocycles. The third-order valence-electron chi connectivity index (χ3n) is 4.26. The van der Waals surface area contributed by atoms with Gasteiger partial charge in [0.15, 0.2) is 5.95 Å². The molecule has 0 aliphatic rings. The fourth-order valence-corrected chi connectivity index (χ4v) is 3.65. The summed E-state index contributed by atoms with van der Waals surface area (Å²) < 4.78 is 49.8. The number of thioether (sulfide) groups is 1. The van der Waals surface area contributed by atoms with E-state index in [1.54, 1.807) is 31.2 Å². The zero-order valence-electron chi connectivity index (χ0n) is 16.5. The van der Waals surface area contributed by atoms with E-state index in [2.05, 4.69) is 10.6 Å². The summed E-state index contributed by atoms with van der Waals surface area (Å²) in [5.74, 6) is -0.670. The molecule has 11 heteroatoms. The molecule has 1 atom stereocenters. The summed E-state index contributed by atoms with van der Waals surface area (Å²) in [4.78, 5) is 12.7. The van der Waals surface area contributed by atoms with Crippen molar-refractivity contribution in [2.45, 2.75) is 29.8 Å². The number of methoxy groups -OCH3 is 1. The van der Waals surface area contributed by atoms with Crippen molar-refractivity contribution in [2.75, 3.05) is 12.4 Å². The second-order valence-electron chi connectivity index (χ2n) is 6.36. The Morgan fingerprint density at radius 3 is 2.61 bits per heavy atom. The van der Waals surface area contributed by atoms with Crippen molar-refractivity contribution in [1.82, 2.24) is 5.27 Å². The molecular weight excluding hydrogens is 435 g/mol. The number of amides is 1. The van der Waals surface area contributed by atoms with Crippen molar-refractivity contribution in [1.29, 1.82) is 0 Å². The first-order valence-electron chi connectivity index (χ1n) is 9.11. The van der Waals surface area contributed by atoms with E-state index in [-0.39, 0.29) is 10.7 Å². The lowest BCUT2D eigenvalue weighted by Crippen LogP contribution is -2.36. The zero-order chi connectivity index (χ0) is 22.6. The fraction of sp³-hybridized carbons (Fsp3) is 0.250. The summed E-state index contributed by atoms with van der Waals surface area (Å²) in [5.41, 5.74) is -0.346. The van der Waals surface area contributed by atoms with Gasteiger partial charge in [0.1, 0.15) is 5.75 Å². The van der Waals surface area contributed by atoms with Gasteiger partial charge in [-0.1, -0.05) is 13.0 Å². The van der Waals surface area contributed by atoms with Gasteiger partial charge in [-0.25, -0.2) is 0 Å². The molecule has 1 aromatic heterocycles. The number of carbonyl (C=O) groups excluding carboxylic acids is 1. The summed E-state index contributed by atoms with van der Waals surface area (Å²) in [5, 5.41) is 17.7. The Labute approximate surface area is 179 Å². The number of hydrogen-bond acceptors (Lipinski definition) is 6. The highest BCUT2D eigenvalue weighted by molar-refractivity contribution is 8.00. The van der Waals surface area contributed by atoms with Crippen LogP contribution in [0.5, 0.6) is 11.7 Å². The fourth-order valence-electron chi connectivity index (χ4n) is 2.68. The summed E-state index contributed by atoms with van der Waals surface area (Å²) in [6, 6.07) is 11.0. The van der Waals surface area contributed by atoms with Crippen LogP contribution >= 0.6 is 11.8 Å². The monoisotopic (exact) mass is 453 g/mol. The highest BCUT2D eigenvalue weighted by Gasteiger charge is 2.31. The van der Waals surface area contributed by atoms with E-state index in [1.807, 2.05) is 0 Å². The minimum Gasteiger partial charge on any atom is -0.538 e. The topological polar surface area (TPSA) is 91.3 Å². The van der Waals surface area contributed by atoms with Crippen LogP contribution in [0.3, 0.4) is 0 Å². The van der Waals surface area contributed by atoms with E-state index in [9.17, 15) is 23.1 Å². The first-order valence-corrected chi connectivity index (χ1v) is 9.99. The van der Waals surface area contributed by atoms with Crippen molar-refractivity contribution in [2.24, 2.45) is 0 Å². The predicted octanol–water partition coefficient (Wildman–Crippen LogP) is 3.56. The van der Waals surface area contributed by atoms with Crippen LogP contribution in [0.4, 0.5) is 18.9 Å². The Morgan fingerprint density at radius 2 is 2.00 bits per heavy atom. The van der Waals surface area contributed by atoms with Crippen molar-refractivity contribution < 1.29 is 37.0 Å². The third kappa shape index (κ3) is 5.29. The minimum absolute atomic E-state index is 0.00886. The Bertz CT molecular complexity index is 1050. The molecule has 1 heterocycles. The minimum atomic E-state index is -4.52. The Morgan fingerprint density at radius 1 is 1.29 bits per heavy atom. The Kier molecular flexibility index (Phi) is 6.74. The predicted molar refractivity (Wildman–Crippen MR) is 104 cm³/mol. The molecule has 0 saturated carbocycles. The van der Waals surface area contributed by atoms with Crippen LogP contribution in [-0.2, 0) is 11.0 Å². The Balaban J connectivity index is 1.80. The molecule has 0 fully saturated rings. The van der Waals surface area contributed by atoms with E-state index in [4.69, 9.17) is 9.26 Å². The lowest BCUT2D eigenvalue weighted by molar-refractivity contribution is -0.705. The molecule has 3 rings (SSSR count). The van der Waals surface area contributed by atoms with Gasteiger partial charge in [-0.2, -0.15) is 13.2 Å². The number of nitrogens with one attached hydrogen (secondary N) is 1. The van der Waals surface area contributed by atoms with Crippen LogP contribution in [0.25, 0.3) is 5.69 Å². The van der Waals surface area contributed by atoms with Crippen LogP contribution < -0.4 is 19.8 Å². The largest absolute Gasteiger partial charge is 0.538 e. The lowest BCUT2D eigenvalue weighted by Gasteiger charge is -2.14. The highest BCUT2D eigenvalue weighted by Crippen LogP contribution is 2.32. The molecule has 0 spiro atoms. The molecule has 31 heavy (non-hydrogen) atoms. The van der Waals surface area contributed by atoms with Crippen LogP contribution in [0.2, 0.25) is 0 Å². The molecule has 2 aromatic carbocycles. The normalized spacial score (nSPS) is 12.4. The maximum Gasteiger partial charge on any atom is 0.416 e. The average molecular weight is 453 g/mol. The number of aromatic nitrogens is 2. The number of anilines is 1. The van der Waals surface area contributed by atoms with Gasteiger partial charge in [0, 0.05) is 17.8 Å². The van der Waals surface area contributed by atoms with Gasteiger partial charge in [0.2, 0.25) is 11.6 Å². The number of nitrogens with zero attached hydrogens (tertiary/aromatic N) is 2. The highest BCUT2D eigenvalue weighted by atomic mass is 32.2. The maximum absolute atomic E-state index is 12.9. The van der Waals surface area contributed by atoms with Gasteiger partial charge in [-0.15, -0.1) is 0 Å². The van der Waals surface area contributed by atoms with Crippen LogP contribution in [0.1, 0.15) is 18.9 Å². The van der Waals surface area contributed by atoms with Gasteiger partial charge in [-0.05, 0) is 53.2 Å². The molecule has 0 radical (unpaired) electrons. The van der Waals surface area contributed by atoms with Gasteiger partial charge >= 0.3 is 6.18 Å². The molecule has 1 unspecified atom stereocenters. The summed E-state index contributed by atoms with van der Waals surface area (Å²) in [6.45, 7) is 1.72. The molecule has 3 aromatic rings. The summed E-state index contributed by atoms with van der Waals surface area (Å²) >= 11 is 0.919. The molecule has 0 aliphatic heterocycles. The van der Waals surface area contributed by atoms with Crippen molar-refractivity contribution >= 4 is 23.4 Å². The average Bonchev–Trinajstić information content (AvgIpc) is 3.11. The quantitative estimate of drug-likeness (QED) is 0.435. The SMILES string of the molecule is CCC(Sc1c([O-])on[n+]1-c1ccc(OC)cc1)C(=O)Nc1cccc(C(F)(F)F)c1. The van der Waals surface area contributed by atoms with Gasteiger partial charge in [0.25, 0.3) is 5.03 Å². The zero-order valence-corrected chi connectivity index (χ0v) is 17.3. The number of ether oxygens (including phenoxy) is 1. The number of hydrogen-bond donors (Lipinski definition) is 1. The molecule has 164 valence electrons. The van der Waals surface area contributed by atoms with E-state index in [0.29, 0.717) is 17.9 Å². The van der Waals surface area contributed by atoms with Crippen molar-refractivity contribution in [3.63, 3.8) is 0 Å². The van der Waals surface area contributed by atoms with E-state index >= 15 is 0 Å². The molecule has 0 saturated heterocycles. The number of carbonyl (C=O) groups is 1. The summed E-state index contributed by atoms with van der Waals surface area (Å²) in [6.07, 6.45) is -4.22. The smallest absolute Gasteiger partial charge is 0.416 e. The first-order chi connectivity index (χ1) is 14.7. The van der Waals surface area contributed by atoms with Crippen LogP contribution in [-0.4, -0.2) is 23.5 Å². The van der Waals surface area contributed by atoms with Crippen LogP contribution in [0.15, 0.2) is 58.1 Å². The molecule has 7 nitrogen and oxygen atoms in total. The van der Waals surface area contributed by atoms with E-state index < -0.39 is 28.8 Å². The molecule has 1 amide bonds. The summed E-state index contributed by atoms with van der Waals surface area (Å²) in [7, 11) is 1.52. The van der Waals surface area contributed by atoms with E-state index in [1.165, 1.54) is 23.9 Å².